The molecule has 2 aromatic carbocycles. The van der Waals surface area contributed by atoms with Crippen LogP contribution in [0.1, 0.15) is 39.3 Å². The molecule has 30 heavy (non-hydrogen) atoms. The fraction of sp³-hybridized carbons (Fsp3) is 0.261. The summed E-state index contributed by atoms with van der Waals surface area (Å²) in [6.45, 7) is 1.07. The lowest BCUT2D eigenvalue weighted by atomic mass is 10.1. The van der Waals surface area contributed by atoms with E-state index in [2.05, 4.69) is 15.8 Å². The number of nitrogens with one attached hydrogen (secondary N) is 2. The molecule has 3 aromatic rings. The number of nitrogens with zero attached hydrogens (tertiary/aromatic N) is 1. The summed E-state index contributed by atoms with van der Waals surface area (Å²) in [6, 6.07) is 16.1. The SMILES string of the molecule is COc1ccc(-c2cc(C(=O)NCc3ccc(C(=O)NCC4CC4)cc3)no2)cc1. The molecular weight excluding hydrogens is 382 g/mol. The van der Waals surface area contributed by atoms with Crippen LogP contribution in [0.5, 0.6) is 5.75 Å². The third-order valence-corrected chi connectivity index (χ3v) is 5.03. The summed E-state index contributed by atoms with van der Waals surface area (Å²) < 4.78 is 10.4. The molecule has 0 unspecified atom stereocenters. The first kappa shape index (κ1) is 19.7. The maximum atomic E-state index is 12.4. The Morgan fingerprint density at radius 1 is 1.03 bits per heavy atom. The van der Waals surface area contributed by atoms with Gasteiger partial charge in [0.25, 0.3) is 11.8 Å². The summed E-state index contributed by atoms with van der Waals surface area (Å²) in [5.41, 5.74) is 2.52. The fourth-order valence-corrected chi connectivity index (χ4v) is 2.98. The predicted molar refractivity (Wildman–Crippen MR) is 111 cm³/mol. The minimum absolute atomic E-state index is 0.0638. The van der Waals surface area contributed by atoms with Gasteiger partial charge in [-0.05, 0) is 60.7 Å². The first-order chi connectivity index (χ1) is 14.6. The van der Waals surface area contributed by atoms with Crippen molar-refractivity contribution in [1.82, 2.24) is 15.8 Å². The zero-order valence-electron chi connectivity index (χ0n) is 16.7. The second-order valence-electron chi connectivity index (χ2n) is 7.34. The van der Waals surface area contributed by atoms with Crippen LogP contribution in [-0.4, -0.2) is 30.6 Å². The highest BCUT2D eigenvalue weighted by molar-refractivity contribution is 5.94. The Morgan fingerprint density at radius 2 is 1.77 bits per heavy atom. The summed E-state index contributed by atoms with van der Waals surface area (Å²) >= 11 is 0. The van der Waals surface area contributed by atoms with Crippen molar-refractivity contribution in [2.75, 3.05) is 13.7 Å². The van der Waals surface area contributed by atoms with Crippen molar-refractivity contribution >= 4 is 11.8 Å². The van der Waals surface area contributed by atoms with Crippen molar-refractivity contribution in [2.45, 2.75) is 19.4 Å². The summed E-state index contributed by atoms with van der Waals surface area (Å²) in [5, 5.41) is 9.61. The van der Waals surface area contributed by atoms with E-state index in [9.17, 15) is 9.59 Å². The lowest BCUT2D eigenvalue weighted by Crippen LogP contribution is -2.25. The molecule has 1 heterocycles. The zero-order chi connectivity index (χ0) is 20.9. The van der Waals surface area contributed by atoms with Crippen LogP contribution in [0.3, 0.4) is 0 Å². The Balaban J connectivity index is 1.30. The van der Waals surface area contributed by atoms with Crippen LogP contribution in [0.4, 0.5) is 0 Å². The zero-order valence-corrected chi connectivity index (χ0v) is 16.7. The highest BCUT2D eigenvalue weighted by atomic mass is 16.5. The number of aromatic nitrogens is 1. The quantitative estimate of drug-likeness (QED) is 0.599. The van der Waals surface area contributed by atoms with Crippen molar-refractivity contribution in [1.29, 1.82) is 0 Å². The van der Waals surface area contributed by atoms with Crippen LogP contribution in [0, 0.1) is 5.92 Å². The van der Waals surface area contributed by atoms with Gasteiger partial charge in [-0.25, -0.2) is 0 Å². The van der Waals surface area contributed by atoms with Crippen molar-refractivity contribution in [3.05, 3.63) is 71.4 Å². The van der Waals surface area contributed by atoms with E-state index in [0.29, 0.717) is 23.8 Å². The Morgan fingerprint density at radius 3 is 2.43 bits per heavy atom. The third-order valence-electron chi connectivity index (χ3n) is 5.03. The molecule has 4 rings (SSSR count). The summed E-state index contributed by atoms with van der Waals surface area (Å²) in [4.78, 5) is 24.5. The van der Waals surface area contributed by atoms with Gasteiger partial charge in [0.1, 0.15) is 5.75 Å². The van der Waals surface area contributed by atoms with E-state index in [-0.39, 0.29) is 17.5 Å². The molecule has 0 spiro atoms. The third kappa shape index (κ3) is 4.86. The van der Waals surface area contributed by atoms with E-state index >= 15 is 0 Å². The number of amides is 2. The normalized spacial score (nSPS) is 13.0. The van der Waals surface area contributed by atoms with Crippen LogP contribution < -0.4 is 15.4 Å². The first-order valence-corrected chi connectivity index (χ1v) is 9.89. The average Bonchev–Trinajstić information content (AvgIpc) is 3.49. The molecule has 7 nitrogen and oxygen atoms in total. The Kier molecular flexibility index (Phi) is 5.79. The molecule has 0 radical (unpaired) electrons. The number of methoxy groups -OCH3 is 1. The number of benzene rings is 2. The molecule has 0 atom stereocenters. The summed E-state index contributed by atoms with van der Waals surface area (Å²) in [5.74, 6) is 1.49. The minimum Gasteiger partial charge on any atom is -0.497 e. The van der Waals surface area contributed by atoms with Crippen LogP contribution in [0.15, 0.2) is 59.1 Å². The van der Waals surface area contributed by atoms with Gasteiger partial charge in [0, 0.05) is 30.3 Å². The van der Waals surface area contributed by atoms with E-state index in [4.69, 9.17) is 9.26 Å². The highest BCUT2D eigenvalue weighted by Crippen LogP contribution is 2.27. The van der Waals surface area contributed by atoms with Crippen LogP contribution in [-0.2, 0) is 6.54 Å². The summed E-state index contributed by atoms with van der Waals surface area (Å²) in [6.07, 6.45) is 2.40. The van der Waals surface area contributed by atoms with Crippen LogP contribution >= 0.6 is 0 Å². The van der Waals surface area contributed by atoms with Crippen LogP contribution in [0.25, 0.3) is 11.3 Å². The van der Waals surface area contributed by atoms with Crippen molar-refractivity contribution in [2.24, 2.45) is 5.92 Å². The monoisotopic (exact) mass is 405 g/mol. The Hall–Kier alpha value is -3.61. The molecule has 0 bridgehead atoms. The highest BCUT2D eigenvalue weighted by Gasteiger charge is 2.21. The van der Waals surface area contributed by atoms with Crippen molar-refractivity contribution < 1.29 is 18.8 Å². The molecule has 1 fully saturated rings. The molecule has 154 valence electrons. The van der Waals surface area contributed by atoms with Gasteiger partial charge in [0.05, 0.1) is 7.11 Å². The maximum Gasteiger partial charge on any atom is 0.273 e. The number of rotatable bonds is 8. The van der Waals surface area contributed by atoms with Gasteiger partial charge < -0.3 is 19.9 Å². The molecule has 1 aliphatic rings. The molecule has 1 aliphatic carbocycles. The van der Waals surface area contributed by atoms with Crippen LogP contribution in [0.2, 0.25) is 0 Å². The molecule has 1 aromatic heterocycles. The standard InChI is InChI=1S/C23H23N3O4/c1-29-19-10-8-17(9-11-19)21-12-20(26-30-21)23(28)25-14-16-4-6-18(7-5-16)22(27)24-13-15-2-3-15/h4-12,15H,2-3,13-14H2,1H3,(H,24,27)(H,25,28). The number of carbonyl (C=O) groups excluding carboxylic acids is 2. The molecular formula is C23H23N3O4. The van der Waals surface area contributed by atoms with Gasteiger partial charge in [-0.15, -0.1) is 0 Å². The predicted octanol–water partition coefficient (Wildman–Crippen LogP) is 3.42. The van der Waals surface area contributed by atoms with E-state index < -0.39 is 0 Å². The topological polar surface area (TPSA) is 93.5 Å². The fourth-order valence-electron chi connectivity index (χ4n) is 2.98. The average molecular weight is 405 g/mol. The largest absolute Gasteiger partial charge is 0.497 e. The lowest BCUT2D eigenvalue weighted by molar-refractivity contribution is 0.0936. The maximum absolute atomic E-state index is 12.4. The van der Waals surface area contributed by atoms with Gasteiger partial charge in [0.15, 0.2) is 11.5 Å². The number of hydrogen-bond donors (Lipinski definition) is 2. The second kappa shape index (κ2) is 8.82. The van der Waals surface area contributed by atoms with E-state index in [1.165, 1.54) is 12.8 Å². The molecule has 0 aliphatic heterocycles. The first-order valence-electron chi connectivity index (χ1n) is 9.89. The Bertz CT molecular complexity index is 1020. The van der Waals surface area contributed by atoms with E-state index in [0.717, 1.165) is 23.4 Å². The van der Waals surface area contributed by atoms with Gasteiger partial charge in [-0.3, -0.25) is 9.59 Å². The molecule has 0 saturated heterocycles. The number of hydrogen-bond acceptors (Lipinski definition) is 5. The van der Waals surface area contributed by atoms with E-state index in [1.54, 1.807) is 25.3 Å². The van der Waals surface area contributed by atoms with Gasteiger partial charge in [-0.1, -0.05) is 17.3 Å². The van der Waals surface area contributed by atoms with Crippen molar-refractivity contribution in [3.8, 4) is 17.1 Å². The van der Waals surface area contributed by atoms with Gasteiger partial charge >= 0.3 is 0 Å². The van der Waals surface area contributed by atoms with Gasteiger partial charge in [0.2, 0.25) is 0 Å². The smallest absolute Gasteiger partial charge is 0.273 e. The Labute approximate surface area is 174 Å². The van der Waals surface area contributed by atoms with E-state index in [1.807, 2.05) is 36.4 Å². The van der Waals surface area contributed by atoms with Crippen molar-refractivity contribution in [3.63, 3.8) is 0 Å². The minimum atomic E-state index is -0.329. The molecule has 2 amide bonds. The number of ether oxygens (including phenoxy) is 1. The molecule has 1 saturated carbocycles. The summed E-state index contributed by atoms with van der Waals surface area (Å²) in [7, 11) is 1.60. The molecule has 7 heteroatoms. The molecule has 2 N–H and O–H groups in total. The lowest BCUT2D eigenvalue weighted by Gasteiger charge is -2.06. The second-order valence-corrected chi connectivity index (χ2v) is 7.34. The number of carbonyl (C=O) groups is 2. The van der Waals surface area contributed by atoms with Gasteiger partial charge in [-0.2, -0.15) is 0 Å².